The van der Waals surface area contributed by atoms with E-state index in [1.807, 2.05) is 26.0 Å². The summed E-state index contributed by atoms with van der Waals surface area (Å²) in [4.78, 5) is 18.3. The maximum Gasteiger partial charge on any atom is 0.306 e. The van der Waals surface area contributed by atoms with E-state index >= 15 is 0 Å². The molecule has 1 aromatic heterocycles. The second-order valence-electron chi connectivity index (χ2n) is 11.2. The van der Waals surface area contributed by atoms with Gasteiger partial charge < -0.3 is 9.84 Å². The van der Waals surface area contributed by atoms with Crippen molar-refractivity contribution >= 4 is 5.97 Å². The molecule has 1 aliphatic heterocycles. The number of hydrogen-bond acceptors (Lipinski definition) is 4. The summed E-state index contributed by atoms with van der Waals surface area (Å²) in [7, 11) is 0. The molecule has 0 amide bonds. The lowest BCUT2D eigenvalue weighted by Gasteiger charge is -2.29. The average molecular weight is 531 g/mol. The molecule has 2 heterocycles. The Kier molecular flexibility index (Phi) is 8.03. The molecule has 2 aromatic carbocycles. The number of aromatic nitrogens is 1. The fourth-order valence-electron chi connectivity index (χ4n) is 6.05. The zero-order valence-corrected chi connectivity index (χ0v) is 23.4. The number of carboxylic acid groups (broad SMARTS) is 1. The zero-order chi connectivity index (χ0) is 27.7. The molecular formula is C33H39FN2O3. The topological polar surface area (TPSA) is 62.7 Å². The average Bonchev–Trinajstić information content (AvgIpc) is 3.78. The van der Waals surface area contributed by atoms with Crippen LogP contribution >= 0.6 is 0 Å². The third-order valence-electron chi connectivity index (χ3n) is 8.55. The lowest BCUT2D eigenvalue weighted by atomic mass is 9.82. The number of fused-ring (bicyclic) bond motifs is 1. The Bertz CT molecular complexity index is 1350. The van der Waals surface area contributed by atoms with Crippen LogP contribution in [-0.2, 0) is 17.8 Å². The van der Waals surface area contributed by atoms with Crippen LogP contribution in [0.2, 0.25) is 0 Å². The molecule has 39 heavy (non-hydrogen) atoms. The number of ether oxygens (including phenoxy) is 1. The van der Waals surface area contributed by atoms with E-state index in [9.17, 15) is 14.3 Å². The highest BCUT2D eigenvalue weighted by Gasteiger charge is 2.39. The first-order valence-electron chi connectivity index (χ1n) is 14.3. The summed E-state index contributed by atoms with van der Waals surface area (Å²) in [5.74, 6) is -0.189. The minimum Gasteiger partial charge on any atom is -0.485 e. The molecule has 3 aromatic rings. The Balaban J connectivity index is 1.47. The molecule has 0 unspecified atom stereocenters. The van der Waals surface area contributed by atoms with Gasteiger partial charge in [0, 0.05) is 17.8 Å². The molecule has 1 saturated carbocycles. The van der Waals surface area contributed by atoms with Gasteiger partial charge in [-0.05, 0) is 97.5 Å². The third kappa shape index (κ3) is 5.86. The van der Waals surface area contributed by atoms with E-state index in [0.717, 1.165) is 79.0 Å². The van der Waals surface area contributed by atoms with Crippen molar-refractivity contribution in [1.29, 1.82) is 0 Å². The Morgan fingerprint density at radius 3 is 2.56 bits per heavy atom. The Morgan fingerprint density at radius 1 is 1.10 bits per heavy atom. The van der Waals surface area contributed by atoms with Gasteiger partial charge in [0.2, 0.25) is 0 Å². The molecule has 1 fully saturated rings. The summed E-state index contributed by atoms with van der Waals surface area (Å²) in [6, 6.07) is 14.4. The molecule has 1 N–H and O–H groups in total. The van der Waals surface area contributed by atoms with Gasteiger partial charge in [0.05, 0.1) is 12.1 Å². The van der Waals surface area contributed by atoms with E-state index in [0.29, 0.717) is 11.5 Å². The van der Waals surface area contributed by atoms with Crippen LogP contribution in [0, 0.1) is 24.6 Å². The summed E-state index contributed by atoms with van der Waals surface area (Å²) in [6.07, 6.45) is 5.12. The fourth-order valence-corrected chi connectivity index (χ4v) is 6.05. The second kappa shape index (κ2) is 11.5. The van der Waals surface area contributed by atoms with E-state index in [4.69, 9.17) is 4.74 Å². The largest absolute Gasteiger partial charge is 0.485 e. The molecule has 1 aliphatic carbocycles. The number of aliphatic carboxylic acids is 1. The van der Waals surface area contributed by atoms with Crippen molar-refractivity contribution in [3.05, 3.63) is 82.4 Å². The molecule has 0 bridgehead atoms. The second-order valence-corrected chi connectivity index (χ2v) is 11.2. The highest BCUT2D eigenvalue weighted by Crippen LogP contribution is 2.48. The van der Waals surface area contributed by atoms with Crippen LogP contribution in [0.1, 0.15) is 80.0 Å². The number of benzene rings is 2. The number of nitrogens with zero attached hydrogens (tertiary/aromatic N) is 2. The van der Waals surface area contributed by atoms with Gasteiger partial charge in [0.1, 0.15) is 17.7 Å². The number of halogens is 1. The van der Waals surface area contributed by atoms with Crippen LogP contribution in [0.5, 0.6) is 5.75 Å². The third-order valence-corrected chi connectivity index (χ3v) is 8.55. The SMILES string of the molecule is CCN(CC)Cc1cc([C@@H]2CCc3ccc([C@H](C4CC4)[C@H](C)C(=O)O)cc3O2)ccc1-c1cc(C)ncc1F. The summed E-state index contributed by atoms with van der Waals surface area (Å²) in [6.45, 7) is 10.5. The first-order chi connectivity index (χ1) is 18.8. The van der Waals surface area contributed by atoms with E-state index in [1.54, 1.807) is 0 Å². The monoisotopic (exact) mass is 530 g/mol. The molecular weight excluding hydrogens is 491 g/mol. The van der Waals surface area contributed by atoms with Gasteiger partial charge >= 0.3 is 5.97 Å². The summed E-state index contributed by atoms with van der Waals surface area (Å²) in [5.41, 5.74) is 6.65. The maximum atomic E-state index is 14.9. The van der Waals surface area contributed by atoms with Crippen molar-refractivity contribution in [2.45, 2.75) is 71.9 Å². The maximum absolute atomic E-state index is 14.9. The quantitative estimate of drug-likeness (QED) is 0.298. The van der Waals surface area contributed by atoms with Gasteiger partial charge in [-0.1, -0.05) is 51.1 Å². The van der Waals surface area contributed by atoms with Crippen molar-refractivity contribution in [2.24, 2.45) is 11.8 Å². The zero-order valence-electron chi connectivity index (χ0n) is 23.4. The summed E-state index contributed by atoms with van der Waals surface area (Å²) in [5, 5.41) is 9.72. The number of aryl methyl sites for hydroxylation is 2. The number of rotatable bonds is 10. The van der Waals surface area contributed by atoms with Gasteiger partial charge in [-0.15, -0.1) is 0 Å². The minimum atomic E-state index is -0.745. The Labute approximate surface area is 231 Å². The van der Waals surface area contributed by atoms with Gasteiger partial charge in [0.25, 0.3) is 0 Å². The molecule has 0 radical (unpaired) electrons. The van der Waals surface area contributed by atoms with Crippen molar-refractivity contribution in [3.63, 3.8) is 0 Å². The first-order valence-corrected chi connectivity index (χ1v) is 14.3. The van der Waals surface area contributed by atoms with E-state index < -0.39 is 11.9 Å². The fraction of sp³-hybridized carbons (Fsp3) is 0.455. The van der Waals surface area contributed by atoms with E-state index in [1.165, 1.54) is 11.8 Å². The standard InChI is InChI=1S/C33H39FN2O3/c1-5-36(6-2)19-26-16-24(11-13-27(26)28-15-20(3)35-18-29(28)34)30-14-12-22-7-10-25(17-31(22)39-30)32(23-8-9-23)21(4)33(37)38/h7,10-11,13,15-18,21,23,30,32H,5-6,8-9,12,14,19H2,1-4H3,(H,37,38)/t21-,30-,32-/m0/s1. The normalized spacial score (nSPS) is 18.4. The molecule has 5 nitrogen and oxygen atoms in total. The number of carbonyl (C=O) groups is 1. The Morgan fingerprint density at radius 2 is 1.87 bits per heavy atom. The number of hydrogen-bond donors (Lipinski definition) is 1. The van der Waals surface area contributed by atoms with E-state index in [2.05, 4.69) is 54.1 Å². The van der Waals surface area contributed by atoms with Crippen LogP contribution in [-0.4, -0.2) is 34.0 Å². The first kappa shape index (κ1) is 27.3. The molecule has 0 saturated heterocycles. The van der Waals surface area contributed by atoms with Crippen LogP contribution in [0.15, 0.2) is 48.7 Å². The lowest BCUT2D eigenvalue weighted by Crippen LogP contribution is -2.23. The highest BCUT2D eigenvalue weighted by atomic mass is 19.1. The van der Waals surface area contributed by atoms with Crippen LogP contribution in [0.25, 0.3) is 11.1 Å². The van der Waals surface area contributed by atoms with Crippen molar-refractivity contribution < 1.29 is 19.0 Å². The summed E-state index contributed by atoms with van der Waals surface area (Å²) < 4.78 is 21.5. The number of carboxylic acids is 1. The van der Waals surface area contributed by atoms with Gasteiger partial charge in [-0.2, -0.15) is 0 Å². The van der Waals surface area contributed by atoms with Gasteiger partial charge in [-0.3, -0.25) is 14.7 Å². The molecule has 5 rings (SSSR count). The van der Waals surface area contributed by atoms with E-state index in [-0.39, 0.29) is 17.8 Å². The lowest BCUT2D eigenvalue weighted by molar-refractivity contribution is -0.142. The predicted octanol–water partition coefficient (Wildman–Crippen LogP) is 7.32. The predicted molar refractivity (Wildman–Crippen MR) is 151 cm³/mol. The molecule has 2 aliphatic rings. The van der Waals surface area contributed by atoms with Crippen molar-refractivity contribution in [3.8, 4) is 16.9 Å². The number of pyridine rings is 1. The smallest absolute Gasteiger partial charge is 0.306 e. The van der Waals surface area contributed by atoms with Gasteiger partial charge in [0.15, 0.2) is 0 Å². The van der Waals surface area contributed by atoms with Gasteiger partial charge in [-0.25, -0.2) is 4.39 Å². The molecule has 6 heteroatoms. The van der Waals surface area contributed by atoms with Crippen LogP contribution in [0.3, 0.4) is 0 Å². The Hall–Kier alpha value is -3.25. The molecule has 206 valence electrons. The van der Waals surface area contributed by atoms with Crippen molar-refractivity contribution in [1.82, 2.24) is 9.88 Å². The highest BCUT2D eigenvalue weighted by molar-refractivity contribution is 5.71. The van der Waals surface area contributed by atoms with Crippen LogP contribution in [0.4, 0.5) is 4.39 Å². The molecule has 0 spiro atoms. The van der Waals surface area contributed by atoms with Crippen LogP contribution < -0.4 is 4.74 Å². The minimum absolute atomic E-state index is 0.00967. The summed E-state index contributed by atoms with van der Waals surface area (Å²) >= 11 is 0. The molecule has 3 atom stereocenters. The van der Waals surface area contributed by atoms with Crippen molar-refractivity contribution in [2.75, 3.05) is 13.1 Å².